The van der Waals surface area contributed by atoms with Crippen LogP contribution in [-0.2, 0) is 15.8 Å². The Kier molecular flexibility index (Phi) is 6.09. The quantitative estimate of drug-likeness (QED) is 0.786. The van der Waals surface area contributed by atoms with E-state index in [2.05, 4.69) is 4.72 Å². The van der Waals surface area contributed by atoms with Crippen molar-refractivity contribution in [3.05, 3.63) is 69.2 Å². The Morgan fingerprint density at radius 1 is 1.04 bits per heavy atom. The lowest BCUT2D eigenvalue weighted by Crippen LogP contribution is -2.29. The van der Waals surface area contributed by atoms with Crippen molar-refractivity contribution in [3.8, 4) is 0 Å². The minimum Gasteiger partial charge on any atom is -0.212 e. The van der Waals surface area contributed by atoms with Crippen LogP contribution in [0.2, 0.25) is 10.0 Å². The predicted molar refractivity (Wildman–Crippen MR) is 96.4 cm³/mol. The molecule has 1 atom stereocenters. The monoisotopic (exact) mass is 371 g/mol. The topological polar surface area (TPSA) is 46.2 Å². The van der Waals surface area contributed by atoms with Crippen LogP contribution < -0.4 is 4.72 Å². The number of halogens is 2. The summed E-state index contributed by atoms with van der Waals surface area (Å²) < 4.78 is 27.6. The molecule has 1 N–H and O–H groups in total. The maximum atomic E-state index is 12.4. The molecule has 0 saturated heterocycles. The summed E-state index contributed by atoms with van der Waals surface area (Å²) in [6, 6.07) is 12.5. The van der Waals surface area contributed by atoms with Crippen LogP contribution >= 0.6 is 23.2 Å². The summed E-state index contributed by atoms with van der Waals surface area (Å²) in [5.74, 6) is -0.133. The molecule has 2 rings (SSSR count). The lowest BCUT2D eigenvalue weighted by Gasteiger charge is -2.18. The highest BCUT2D eigenvalue weighted by molar-refractivity contribution is 7.88. The van der Waals surface area contributed by atoms with Crippen molar-refractivity contribution >= 4 is 33.2 Å². The van der Waals surface area contributed by atoms with Gasteiger partial charge in [-0.05, 0) is 36.6 Å². The molecule has 0 fully saturated rings. The zero-order chi connectivity index (χ0) is 17.0. The first-order valence-corrected chi connectivity index (χ1v) is 9.72. The maximum Gasteiger partial charge on any atom is 0.216 e. The van der Waals surface area contributed by atoms with Crippen LogP contribution in [0.4, 0.5) is 0 Å². The highest BCUT2D eigenvalue weighted by Crippen LogP contribution is 2.24. The molecular formula is C17H19Cl2NO2S. The zero-order valence-corrected chi connectivity index (χ0v) is 15.3. The molecule has 0 amide bonds. The molecule has 6 heteroatoms. The molecule has 0 aliphatic heterocycles. The Morgan fingerprint density at radius 2 is 1.70 bits per heavy atom. The number of sulfonamides is 1. The lowest BCUT2D eigenvalue weighted by atomic mass is 10.0. The average molecular weight is 372 g/mol. The van der Waals surface area contributed by atoms with Gasteiger partial charge in [0.15, 0.2) is 0 Å². The van der Waals surface area contributed by atoms with E-state index in [9.17, 15) is 8.42 Å². The van der Waals surface area contributed by atoms with Gasteiger partial charge in [-0.25, -0.2) is 13.1 Å². The van der Waals surface area contributed by atoms with Gasteiger partial charge in [0.2, 0.25) is 10.0 Å². The molecule has 23 heavy (non-hydrogen) atoms. The standard InChI is InChI=1S/C17H19Cl2NO2S/c1-3-17(14-7-4-12(2)5-8-14)20-23(21,22)11-13-6-9-15(18)16(19)10-13/h4-10,17,20H,3,11H2,1-2H3/t17-/m1/s1. The predicted octanol–water partition coefficient (Wildman–Crippen LogP) is 4.87. The fraction of sp³-hybridized carbons (Fsp3) is 0.294. The summed E-state index contributed by atoms with van der Waals surface area (Å²) in [7, 11) is -3.49. The normalized spacial score (nSPS) is 13.0. The number of aryl methyl sites for hydroxylation is 1. The van der Waals surface area contributed by atoms with E-state index >= 15 is 0 Å². The second-order valence-electron chi connectivity index (χ2n) is 5.50. The Bertz CT molecular complexity index is 774. The molecule has 0 aromatic heterocycles. The average Bonchev–Trinajstić information content (AvgIpc) is 2.49. The second kappa shape index (κ2) is 7.67. The number of nitrogens with one attached hydrogen (secondary N) is 1. The van der Waals surface area contributed by atoms with Gasteiger partial charge in [0.05, 0.1) is 15.8 Å². The Morgan fingerprint density at radius 3 is 2.26 bits per heavy atom. The van der Waals surface area contributed by atoms with Crippen molar-refractivity contribution in [3.63, 3.8) is 0 Å². The van der Waals surface area contributed by atoms with Crippen LogP contribution in [0.3, 0.4) is 0 Å². The van der Waals surface area contributed by atoms with Crippen molar-refractivity contribution in [2.75, 3.05) is 0 Å². The smallest absolute Gasteiger partial charge is 0.212 e. The third-order valence-corrected chi connectivity index (χ3v) is 5.65. The van der Waals surface area contributed by atoms with Gasteiger partial charge in [-0.2, -0.15) is 0 Å². The highest BCUT2D eigenvalue weighted by Gasteiger charge is 2.19. The lowest BCUT2D eigenvalue weighted by molar-refractivity contribution is 0.549. The van der Waals surface area contributed by atoms with E-state index in [-0.39, 0.29) is 11.8 Å². The van der Waals surface area contributed by atoms with E-state index in [0.717, 1.165) is 11.1 Å². The summed E-state index contributed by atoms with van der Waals surface area (Å²) in [6.45, 7) is 3.95. The minimum atomic E-state index is -3.49. The van der Waals surface area contributed by atoms with E-state index < -0.39 is 10.0 Å². The van der Waals surface area contributed by atoms with E-state index in [1.165, 1.54) is 0 Å². The molecule has 0 spiro atoms. The molecular weight excluding hydrogens is 353 g/mol. The van der Waals surface area contributed by atoms with E-state index in [1.807, 2.05) is 38.1 Å². The van der Waals surface area contributed by atoms with Crippen LogP contribution in [0.15, 0.2) is 42.5 Å². The van der Waals surface area contributed by atoms with E-state index in [1.54, 1.807) is 18.2 Å². The number of hydrogen-bond donors (Lipinski definition) is 1. The largest absolute Gasteiger partial charge is 0.216 e. The Labute approximate surface area is 147 Å². The second-order valence-corrected chi connectivity index (χ2v) is 8.07. The fourth-order valence-electron chi connectivity index (χ4n) is 2.29. The summed E-state index contributed by atoms with van der Waals surface area (Å²) >= 11 is 11.8. The van der Waals surface area contributed by atoms with E-state index in [4.69, 9.17) is 23.2 Å². The molecule has 0 unspecified atom stereocenters. The van der Waals surface area contributed by atoms with Gasteiger partial charge in [-0.15, -0.1) is 0 Å². The molecule has 0 aliphatic carbocycles. The minimum absolute atomic E-state index is 0.133. The first-order valence-electron chi connectivity index (χ1n) is 7.31. The molecule has 0 saturated carbocycles. The third kappa shape index (κ3) is 5.21. The van der Waals surface area contributed by atoms with Gasteiger partial charge in [0.1, 0.15) is 0 Å². The van der Waals surface area contributed by atoms with Crippen LogP contribution in [0.25, 0.3) is 0 Å². The fourth-order valence-corrected chi connectivity index (χ4v) is 4.05. The SMILES string of the molecule is CC[C@@H](NS(=O)(=O)Cc1ccc(Cl)c(Cl)c1)c1ccc(C)cc1. The molecule has 2 aromatic rings. The van der Waals surface area contributed by atoms with Gasteiger partial charge in [0, 0.05) is 6.04 Å². The van der Waals surface area contributed by atoms with Gasteiger partial charge < -0.3 is 0 Å². The highest BCUT2D eigenvalue weighted by atomic mass is 35.5. The first kappa shape index (κ1) is 18.3. The van der Waals surface area contributed by atoms with Crippen molar-refractivity contribution in [1.29, 1.82) is 0 Å². The first-order chi connectivity index (χ1) is 10.8. The van der Waals surface area contributed by atoms with Crippen LogP contribution in [0.1, 0.15) is 36.1 Å². The van der Waals surface area contributed by atoms with Crippen LogP contribution in [0.5, 0.6) is 0 Å². The number of hydrogen-bond acceptors (Lipinski definition) is 2. The van der Waals surface area contributed by atoms with Crippen LogP contribution in [0, 0.1) is 6.92 Å². The van der Waals surface area contributed by atoms with Crippen LogP contribution in [-0.4, -0.2) is 8.42 Å². The Balaban J connectivity index is 2.15. The van der Waals surface area contributed by atoms with Gasteiger partial charge >= 0.3 is 0 Å². The van der Waals surface area contributed by atoms with Gasteiger partial charge in [0.25, 0.3) is 0 Å². The van der Waals surface area contributed by atoms with Crippen molar-refractivity contribution in [2.24, 2.45) is 0 Å². The van der Waals surface area contributed by atoms with Crippen molar-refractivity contribution in [2.45, 2.75) is 32.1 Å². The number of rotatable bonds is 6. The van der Waals surface area contributed by atoms with Gasteiger partial charge in [-0.3, -0.25) is 0 Å². The summed E-state index contributed by atoms with van der Waals surface area (Å²) in [6.07, 6.45) is 0.670. The summed E-state index contributed by atoms with van der Waals surface area (Å²) in [5.41, 5.74) is 2.70. The molecule has 2 aromatic carbocycles. The van der Waals surface area contributed by atoms with E-state index in [0.29, 0.717) is 22.0 Å². The molecule has 0 heterocycles. The molecule has 0 bridgehead atoms. The third-order valence-electron chi connectivity index (χ3n) is 3.55. The van der Waals surface area contributed by atoms with Gasteiger partial charge in [-0.1, -0.05) is 66.0 Å². The summed E-state index contributed by atoms with van der Waals surface area (Å²) in [4.78, 5) is 0. The zero-order valence-electron chi connectivity index (χ0n) is 13.0. The molecule has 0 radical (unpaired) electrons. The summed E-state index contributed by atoms with van der Waals surface area (Å²) in [5, 5.41) is 0.761. The van der Waals surface area contributed by atoms with Crippen molar-refractivity contribution < 1.29 is 8.42 Å². The molecule has 3 nitrogen and oxygen atoms in total. The maximum absolute atomic E-state index is 12.4. The number of benzene rings is 2. The molecule has 0 aliphatic rings. The Hall–Kier alpha value is -1.07. The van der Waals surface area contributed by atoms with Crippen molar-refractivity contribution in [1.82, 2.24) is 4.72 Å². The molecule has 124 valence electrons.